The summed E-state index contributed by atoms with van der Waals surface area (Å²) in [6.45, 7) is 0. The quantitative estimate of drug-likeness (QED) is 0.836. The molecule has 2 aliphatic rings. The van der Waals surface area contributed by atoms with Crippen LogP contribution in [0.1, 0.15) is 56.0 Å². The van der Waals surface area contributed by atoms with E-state index in [4.69, 9.17) is 21.8 Å². The summed E-state index contributed by atoms with van der Waals surface area (Å²) >= 11 is 6.21. The molecular weight excluding hydrogens is 210 g/mol. The van der Waals surface area contributed by atoms with Gasteiger partial charge in [0.1, 0.15) is 11.5 Å². The third-order valence-electron chi connectivity index (χ3n) is 3.72. The molecule has 2 aliphatic carbocycles. The first-order chi connectivity index (χ1) is 7.19. The lowest BCUT2D eigenvalue weighted by molar-refractivity contribution is 0.400. The molecule has 3 rings (SSSR count). The maximum atomic E-state index is 6.21. The van der Waals surface area contributed by atoms with E-state index >= 15 is 0 Å². The zero-order valence-corrected chi connectivity index (χ0v) is 9.52. The van der Waals surface area contributed by atoms with Crippen molar-refractivity contribution in [2.75, 3.05) is 0 Å². The van der Waals surface area contributed by atoms with Crippen LogP contribution in [0.2, 0.25) is 5.02 Å². The fraction of sp³-hybridized carbons (Fsp3) is 0.667. The summed E-state index contributed by atoms with van der Waals surface area (Å²) in [5.74, 6) is 2.42. The molecule has 15 heavy (non-hydrogen) atoms. The van der Waals surface area contributed by atoms with Crippen LogP contribution < -0.4 is 5.73 Å². The molecule has 0 atom stereocenters. The summed E-state index contributed by atoms with van der Waals surface area (Å²) in [5, 5.41) is 0.786. The van der Waals surface area contributed by atoms with Crippen molar-refractivity contribution in [1.29, 1.82) is 0 Å². The van der Waals surface area contributed by atoms with Crippen LogP contribution >= 0.6 is 11.6 Å². The average Bonchev–Trinajstić information content (AvgIpc) is 2.71. The Hall–Kier alpha value is -0.470. The van der Waals surface area contributed by atoms with Gasteiger partial charge in [-0.2, -0.15) is 0 Å². The van der Waals surface area contributed by atoms with Crippen molar-refractivity contribution >= 4 is 11.6 Å². The first kappa shape index (κ1) is 9.73. The molecule has 0 aliphatic heterocycles. The molecule has 0 spiro atoms. The van der Waals surface area contributed by atoms with Crippen LogP contribution in [0.15, 0.2) is 10.5 Å². The molecular formula is C12H16ClNO. The molecule has 2 saturated carbocycles. The lowest BCUT2D eigenvalue weighted by Gasteiger charge is -2.07. The third-order valence-corrected chi connectivity index (χ3v) is 4.01. The first-order valence-electron chi connectivity index (χ1n) is 5.78. The van der Waals surface area contributed by atoms with Crippen LogP contribution in [0.3, 0.4) is 0 Å². The molecule has 0 unspecified atom stereocenters. The second-order valence-electron chi connectivity index (χ2n) is 4.96. The number of halogens is 1. The van der Waals surface area contributed by atoms with E-state index in [1.54, 1.807) is 0 Å². The summed E-state index contributed by atoms with van der Waals surface area (Å²) < 4.78 is 5.87. The van der Waals surface area contributed by atoms with E-state index in [-0.39, 0.29) is 5.54 Å². The Morgan fingerprint density at radius 1 is 1.33 bits per heavy atom. The monoisotopic (exact) mass is 225 g/mol. The van der Waals surface area contributed by atoms with Crippen LogP contribution in [0.4, 0.5) is 0 Å². The molecule has 0 radical (unpaired) electrons. The second-order valence-corrected chi connectivity index (χ2v) is 5.37. The van der Waals surface area contributed by atoms with Gasteiger partial charge in [-0.3, -0.25) is 0 Å². The molecule has 2 N–H and O–H groups in total. The van der Waals surface area contributed by atoms with Crippen LogP contribution in [0.25, 0.3) is 0 Å². The van der Waals surface area contributed by atoms with E-state index < -0.39 is 0 Å². The van der Waals surface area contributed by atoms with Gasteiger partial charge in [-0.05, 0) is 25.7 Å². The zero-order chi connectivity index (χ0) is 10.5. The van der Waals surface area contributed by atoms with Gasteiger partial charge in [0.15, 0.2) is 0 Å². The highest BCUT2D eigenvalue weighted by Crippen LogP contribution is 2.47. The molecule has 1 heterocycles. The fourth-order valence-corrected chi connectivity index (χ4v) is 2.77. The van der Waals surface area contributed by atoms with Gasteiger partial charge in [0, 0.05) is 12.0 Å². The Kier molecular flexibility index (Phi) is 2.12. The highest BCUT2D eigenvalue weighted by Gasteiger charge is 2.44. The van der Waals surface area contributed by atoms with Crippen molar-refractivity contribution < 1.29 is 4.42 Å². The van der Waals surface area contributed by atoms with Gasteiger partial charge >= 0.3 is 0 Å². The maximum absolute atomic E-state index is 6.21. The van der Waals surface area contributed by atoms with E-state index in [1.807, 2.05) is 6.07 Å². The lowest BCUT2D eigenvalue weighted by atomic mass is 10.1. The summed E-state index contributed by atoms with van der Waals surface area (Å²) in [5.41, 5.74) is 5.90. The second kappa shape index (κ2) is 3.26. The first-order valence-corrected chi connectivity index (χ1v) is 6.15. The van der Waals surface area contributed by atoms with E-state index in [0.717, 1.165) is 29.4 Å². The van der Waals surface area contributed by atoms with Crippen LogP contribution in [-0.2, 0) is 5.54 Å². The SMILES string of the molecule is NC1(c2cc(Cl)c(C3CCCC3)o2)CC1. The van der Waals surface area contributed by atoms with Crippen molar-refractivity contribution in [1.82, 2.24) is 0 Å². The van der Waals surface area contributed by atoms with E-state index in [9.17, 15) is 0 Å². The van der Waals surface area contributed by atoms with Crippen LogP contribution in [0.5, 0.6) is 0 Å². The normalized spacial score (nSPS) is 24.7. The Morgan fingerprint density at radius 2 is 2.00 bits per heavy atom. The van der Waals surface area contributed by atoms with Gasteiger partial charge < -0.3 is 10.2 Å². The fourth-order valence-electron chi connectivity index (χ4n) is 2.48. The number of furan rings is 1. The van der Waals surface area contributed by atoms with E-state index in [0.29, 0.717) is 5.92 Å². The van der Waals surface area contributed by atoms with Crippen molar-refractivity contribution in [2.45, 2.75) is 50.0 Å². The van der Waals surface area contributed by atoms with Crippen molar-refractivity contribution in [3.8, 4) is 0 Å². The molecule has 1 aromatic rings. The minimum atomic E-state index is -0.194. The molecule has 1 aromatic heterocycles. The number of nitrogens with two attached hydrogens (primary N) is 1. The van der Waals surface area contributed by atoms with E-state index in [2.05, 4.69) is 0 Å². The number of hydrogen-bond acceptors (Lipinski definition) is 2. The van der Waals surface area contributed by atoms with Gasteiger partial charge in [-0.15, -0.1) is 0 Å². The summed E-state index contributed by atoms with van der Waals surface area (Å²) in [6, 6.07) is 1.93. The minimum Gasteiger partial charge on any atom is -0.462 e. The zero-order valence-electron chi connectivity index (χ0n) is 8.76. The molecule has 2 nitrogen and oxygen atoms in total. The molecule has 0 bridgehead atoms. The van der Waals surface area contributed by atoms with E-state index in [1.165, 1.54) is 25.7 Å². The number of hydrogen-bond donors (Lipinski definition) is 1. The third kappa shape index (κ3) is 1.60. The standard InChI is InChI=1S/C12H16ClNO/c13-9-7-10(12(14)5-6-12)15-11(9)8-3-1-2-4-8/h7-8H,1-6,14H2. The largest absolute Gasteiger partial charge is 0.462 e. The van der Waals surface area contributed by atoms with Gasteiger partial charge in [0.05, 0.1) is 10.6 Å². The van der Waals surface area contributed by atoms with Crippen LogP contribution in [0, 0.1) is 0 Å². The van der Waals surface area contributed by atoms with Gasteiger partial charge in [-0.25, -0.2) is 0 Å². The molecule has 0 amide bonds. The summed E-state index contributed by atoms with van der Waals surface area (Å²) in [6.07, 6.45) is 7.08. The lowest BCUT2D eigenvalue weighted by Crippen LogP contribution is -2.17. The van der Waals surface area contributed by atoms with Gasteiger partial charge in [0.2, 0.25) is 0 Å². The predicted molar refractivity (Wildman–Crippen MR) is 60.0 cm³/mol. The van der Waals surface area contributed by atoms with Crippen molar-refractivity contribution in [3.05, 3.63) is 22.6 Å². The smallest absolute Gasteiger partial charge is 0.125 e. The number of rotatable bonds is 2. The van der Waals surface area contributed by atoms with Crippen LogP contribution in [-0.4, -0.2) is 0 Å². The Balaban J connectivity index is 1.91. The highest BCUT2D eigenvalue weighted by atomic mass is 35.5. The average molecular weight is 226 g/mol. The predicted octanol–water partition coefficient (Wildman–Crippen LogP) is 3.54. The van der Waals surface area contributed by atoms with Gasteiger partial charge in [-0.1, -0.05) is 24.4 Å². The Bertz CT molecular complexity index is 375. The van der Waals surface area contributed by atoms with Crippen molar-refractivity contribution in [3.63, 3.8) is 0 Å². The minimum absolute atomic E-state index is 0.194. The topological polar surface area (TPSA) is 39.2 Å². The molecule has 3 heteroatoms. The van der Waals surface area contributed by atoms with Gasteiger partial charge in [0.25, 0.3) is 0 Å². The summed E-state index contributed by atoms with van der Waals surface area (Å²) in [7, 11) is 0. The highest BCUT2D eigenvalue weighted by molar-refractivity contribution is 6.31. The molecule has 82 valence electrons. The molecule has 2 fully saturated rings. The maximum Gasteiger partial charge on any atom is 0.125 e. The van der Waals surface area contributed by atoms with Crippen molar-refractivity contribution in [2.24, 2.45) is 5.73 Å². The summed E-state index contributed by atoms with van der Waals surface area (Å²) in [4.78, 5) is 0. The molecule has 0 saturated heterocycles. The Labute approximate surface area is 94.8 Å². The Morgan fingerprint density at radius 3 is 2.60 bits per heavy atom. The molecule has 0 aromatic carbocycles.